The molecule has 3 nitrogen and oxygen atoms in total. The number of carbonyl (C=O) groups excluding carboxylic acids is 1. The Bertz CT molecular complexity index is 659. The van der Waals surface area contributed by atoms with Crippen LogP contribution in [0.4, 0.5) is 0 Å². The second-order valence-electron chi connectivity index (χ2n) is 6.04. The van der Waals surface area contributed by atoms with Crippen molar-refractivity contribution in [3.05, 3.63) is 40.4 Å². The SMILES string of the molecule is CCC(C)(C)NC(=O)c1cnc(-c2ccc(C)cc2C)s1. The molecule has 1 amide bonds. The van der Waals surface area contributed by atoms with E-state index in [1.54, 1.807) is 6.20 Å². The molecule has 0 saturated heterocycles. The van der Waals surface area contributed by atoms with E-state index in [9.17, 15) is 4.79 Å². The molecule has 2 rings (SSSR count). The molecule has 1 aromatic carbocycles. The summed E-state index contributed by atoms with van der Waals surface area (Å²) in [5.41, 5.74) is 3.32. The molecule has 1 heterocycles. The number of nitrogens with zero attached hydrogens (tertiary/aromatic N) is 1. The Kier molecular flexibility index (Phi) is 4.47. The van der Waals surface area contributed by atoms with Gasteiger partial charge in [0.2, 0.25) is 0 Å². The molecule has 0 aliphatic carbocycles. The van der Waals surface area contributed by atoms with Crippen molar-refractivity contribution in [2.45, 2.75) is 46.6 Å². The smallest absolute Gasteiger partial charge is 0.263 e. The first-order valence-corrected chi connectivity index (χ1v) is 8.00. The van der Waals surface area contributed by atoms with Gasteiger partial charge in [-0.3, -0.25) is 4.79 Å². The van der Waals surface area contributed by atoms with Gasteiger partial charge in [-0.15, -0.1) is 11.3 Å². The van der Waals surface area contributed by atoms with Crippen LogP contribution in [0, 0.1) is 13.8 Å². The van der Waals surface area contributed by atoms with Crippen molar-refractivity contribution >= 4 is 17.2 Å². The van der Waals surface area contributed by atoms with E-state index in [0.717, 1.165) is 17.0 Å². The molecule has 0 spiro atoms. The first kappa shape index (κ1) is 15.7. The van der Waals surface area contributed by atoms with Crippen LogP contribution >= 0.6 is 11.3 Å². The maximum Gasteiger partial charge on any atom is 0.263 e. The molecule has 0 bridgehead atoms. The van der Waals surface area contributed by atoms with E-state index in [4.69, 9.17) is 0 Å². The molecule has 0 radical (unpaired) electrons. The Labute approximate surface area is 130 Å². The van der Waals surface area contributed by atoms with E-state index >= 15 is 0 Å². The number of carbonyl (C=O) groups is 1. The molecule has 4 heteroatoms. The molecule has 0 saturated carbocycles. The summed E-state index contributed by atoms with van der Waals surface area (Å²) in [6, 6.07) is 6.28. The second kappa shape index (κ2) is 5.98. The van der Waals surface area contributed by atoms with Crippen molar-refractivity contribution in [2.75, 3.05) is 0 Å². The lowest BCUT2D eigenvalue weighted by Crippen LogP contribution is -2.42. The molecule has 1 aromatic heterocycles. The van der Waals surface area contributed by atoms with Gasteiger partial charge < -0.3 is 5.32 Å². The van der Waals surface area contributed by atoms with Gasteiger partial charge in [-0.1, -0.05) is 30.7 Å². The number of amides is 1. The van der Waals surface area contributed by atoms with Crippen molar-refractivity contribution in [1.29, 1.82) is 0 Å². The number of nitrogens with one attached hydrogen (secondary N) is 1. The van der Waals surface area contributed by atoms with Gasteiger partial charge in [0.15, 0.2) is 0 Å². The van der Waals surface area contributed by atoms with E-state index in [2.05, 4.69) is 49.3 Å². The van der Waals surface area contributed by atoms with Crippen LogP contribution in [-0.4, -0.2) is 16.4 Å². The van der Waals surface area contributed by atoms with Crippen LogP contribution in [0.25, 0.3) is 10.6 Å². The molecule has 0 unspecified atom stereocenters. The third-order valence-electron chi connectivity index (χ3n) is 3.68. The highest BCUT2D eigenvalue weighted by atomic mass is 32.1. The molecule has 1 N–H and O–H groups in total. The first-order chi connectivity index (χ1) is 9.82. The standard InChI is InChI=1S/C17H22N2OS/c1-6-17(4,5)19-15(20)14-10-18-16(21-14)13-8-7-11(2)9-12(13)3/h7-10H,6H2,1-5H3,(H,19,20). The van der Waals surface area contributed by atoms with Crippen molar-refractivity contribution < 1.29 is 4.79 Å². The molecule has 112 valence electrons. The van der Waals surface area contributed by atoms with Gasteiger partial charge in [0.25, 0.3) is 5.91 Å². The average Bonchev–Trinajstić information content (AvgIpc) is 2.88. The Balaban J connectivity index is 2.24. The number of aryl methyl sites for hydroxylation is 2. The van der Waals surface area contributed by atoms with Crippen molar-refractivity contribution in [3.8, 4) is 10.6 Å². The van der Waals surface area contributed by atoms with Gasteiger partial charge in [0, 0.05) is 11.1 Å². The fourth-order valence-corrected chi connectivity index (χ4v) is 2.92. The molecule has 2 aromatic rings. The number of hydrogen-bond acceptors (Lipinski definition) is 3. The van der Waals surface area contributed by atoms with Crippen LogP contribution in [0.1, 0.15) is 48.0 Å². The normalized spacial score (nSPS) is 11.5. The van der Waals surface area contributed by atoms with E-state index < -0.39 is 0 Å². The summed E-state index contributed by atoms with van der Waals surface area (Å²) in [5, 5.41) is 3.94. The Hall–Kier alpha value is -1.68. The van der Waals surface area contributed by atoms with E-state index in [0.29, 0.717) is 4.88 Å². The molecule has 0 atom stereocenters. The van der Waals surface area contributed by atoms with Crippen LogP contribution in [0.5, 0.6) is 0 Å². The maximum absolute atomic E-state index is 12.3. The van der Waals surface area contributed by atoms with Crippen LogP contribution < -0.4 is 5.32 Å². The number of hydrogen-bond donors (Lipinski definition) is 1. The zero-order valence-electron chi connectivity index (χ0n) is 13.3. The van der Waals surface area contributed by atoms with Gasteiger partial charge in [-0.25, -0.2) is 4.98 Å². The summed E-state index contributed by atoms with van der Waals surface area (Å²) in [5.74, 6) is -0.0460. The van der Waals surface area contributed by atoms with Crippen LogP contribution in [0.15, 0.2) is 24.4 Å². The highest BCUT2D eigenvalue weighted by molar-refractivity contribution is 7.16. The number of aromatic nitrogens is 1. The molecule has 0 fully saturated rings. The zero-order chi connectivity index (χ0) is 15.6. The lowest BCUT2D eigenvalue weighted by atomic mass is 10.0. The number of benzene rings is 1. The topological polar surface area (TPSA) is 42.0 Å². The summed E-state index contributed by atoms with van der Waals surface area (Å²) in [7, 11) is 0. The fourth-order valence-electron chi connectivity index (χ4n) is 2.01. The quantitative estimate of drug-likeness (QED) is 0.912. The molecule has 0 aliphatic heterocycles. The molecule has 21 heavy (non-hydrogen) atoms. The van der Waals surface area contributed by atoms with Gasteiger partial charge in [0.1, 0.15) is 9.88 Å². The minimum Gasteiger partial charge on any atom is -0.346 e. The summed E-state index contributed by atoms with van der Waals surface area (Å²) >= 11 is 1.44. The Morgan fingerprint density at radius 1 is 1.33 bits per heavy atom. The third kappa shape index (κ3) is 3.70. The van der Waals surface area contributed by atoms with Gasteiger partial charge >= 0.3 is 0 Å². The Morgan fingerprint density at radius 2 is 2.05 bits per heavy atom. The van der Waals surface area contributed by atoms with Crippen LogP contribution in [0.2, 0.25) is 0 Å². The van der Waals surface area contributed by atoms with E-state index in [1.165, 1.54) is 22.5 Å². The van der Waals surface area contributed by atoms with Gasteiger partial charge in [-0.2, -0.15) is 0 Å². The van der Waals surface area contributed by atoms with E-state index in [-0.39, 0.29) is 11.4 Å². The monoisotopic (exact) mass is 302 g/mol. The molecular formula is C17H22N2OS. The summed E-state index contributed by atoms with van der Waals surface area (Å²) in [4.78, 5) is 17.3. The first-order valence-electron chi connectivity index (χ1n) is 7.18. The zero-order valence-corrected chi connectivity index (χ0v) is 14.1. The van der Waals surface area contributed by atoms with Crippen LogP contribution in [-0.2, 0) is 0 Å². The van der Waals surface area contributed by atoms with Gasteiger partial charge in [-0.05, 0) is 39.7 Å². The predicted octanol–water partition coefficient (Wildman–Crippen LogP) is 4.35. The molecular weight excluding hydrogens is 280 g/mol. The number of thiazole rings is 1. The van der Waals surface area contributed by atoms with Crippen molar-refractivity contribution in [1.82, 2.24) is 10.3 Å². The predicted molar refractivity (Wildman–Crippen MR) is 88.9 cm³/mol. The van der Waals surface area contributed by atoms with Crippen LogP contribution in [0.3, 0.4) is 0 Å². The minimum atomic E-state index is -0.193. The lowest BCUT2D eigenvalue weighted by Gasteiger charge is -2.23. The highest BCUT2D eigenvalue weighted by Gasteiger charge is 2.20. The Morgan fingerprint density at radius 3 is 2.67 bits per heavy atom. The van der Waals surface area contributed by atoms with Gasteiger partial charge in [0.05, 0.1) is 6.20 Å². The van der Waals surface area contributed by atoms with E-state index in [1.807, 2.05) is 13.8 Å². The average molecular weight is 302 g/mol. The summed E-state index contributed by atoms with van der Waals surface area (Å²) in [6.45, 7) is 10.3. The summed E-state index contributed by atoms with van der Waals surface area (Å²) < 4.78 is 0. The highest BCUT2D eigenvalue weighted by Crippen LogP contribution is 2.28. The van der Waals surface area contributed by atoms with Crippen molar-refractivity contribution in [3.63, 3.8) is 0 Å². The summed E-state index contributed by atoms with van der Waals surface area (Å²) in [6.07, 6.45) is 2.56. The number of rotatable bonds is 4. The maximum atomic E-state index is 12.3. The fraction of sp³-hybridized carbons (Fsp3) is 0.412. The third-order valence-corrected chi connectivity index (χ3v) is 4.71. The minimum absolute atomic E-state index is 0.0460. The molecule has 0 aliphatic rings. The largest absolute Gasteiger partial charge is 0.346 e. The second-order valence-corrected chi connectivity index (χ2v) is 7.07. The lowest BCUT2D eigenvalue weighted by molar-refractivity contribution is 0.0915. The van der Waals surface area contributed by atoms with Crippen molar-refractivity contribution in [2.24, 2.45) is 0 Å².